The van der Waals surface area contributed by atoms with Gasteiger partial charge >= 0.3 is 0 Å². The highest BCUT2D eigenvalue weighted by molar-refractivity contribution is 5.98. The van der Waals surface area contributed by atoms with Crippen LogP contribution in [0.2, 0.25) is 0 Å². The minimum atomic E-state index is -0.0941. The quantitative estimate of drug-likeness (QED) is 0.855. The number of anilines is 1. The van der Waals surface area contributed by atoms with Crippen molar-refractivity contribution in [2.24, 2.45) is 0 Å². The van der Waals surface area contributed by atoms with Gasteiger partial charge in [-0.3, -0.25) is 4.79 Å². The smallest absolute Gasteiger partial charge is 0.257 e. The van der Waals surface area contributed by atoms with Gasteiger partial charge in [0.25, 0.3) is 5.91 Å². The zero-order chi connectivity index (χ0) is 14.5. The number of methoxy groups -OCH3 is 1. The molecular weight excluding hydrogens is 256 g/mol. The third-order valence-corrected chi connectivity index (χ3v) is 3.58. The van der Waals surface area contributed by atoms with Crippen molar-refractivity contribution in [1.82, 2.24) is 4.90 Å². The fourth-order valence-electron chi connectivity index (χ4n) is 2.50. The van der Waals surface area contributed by atoms with E-state index >= 15 is 0 Å². The van der Waals surface area contributed by atoms with E-state index in [0.29, 0.717) is 23.5 Å². The topological polar surface area (TPSA) is 64.8 Å². The molecule has 1 heterocycles. The second-order valence-electron chi connectivity index (χ2n) is 5.10. The fraction of sp³-hybridized carbons (Fsp3) is 0.533. The van der Waals surface area contributed by atoms with E-state index < -0.39 is 0 Å². The summed E-state index contributed by atoms with van der Waals surface area (Å²) in [7, 11) is 3.30. The highest BCUT2D eigenvalue weighted by atomic mass is 16.5. The lowest BCUT2D eigenvalue weighted by atomic mass is 10.1. The van der Waals surface area contributed by atoms with E-state index in [9.17, 15) is 4.79 Å². The molecule has 0 aliphatic carbocycles. The monoisotopic (exact) mass is 278 g/mol. The van der Waals surface area contributed by atoms with Gasteiger partial charge in [0.05, 0.1) is 24.5 Å². The Labute approximate surface area is 119 Å². The summed E-state index contributed by atoms with van der Waals surface area (Å²) in [5, 5.41) is 0. The van der Waals surface area contributed by atoms with Crippen LogP contribution in [0.25, 0.3) is 0 Å². The van der Waals surface area contributed by atoms with E-state index in [-0.39, 0.29) is 12.0 Å². The Hall–Kier alpha value is -1.75. The summed E-state index contributed by atoms with van der Waals surface area (Å²) < 4.78 is 10.9. The molecule has 1 aromatic rings. The summed E-state index contributed by atoms with van der Waals surface area (Å²) in [6.07, 6.45) is 3.40. The summed E-state index contributed by atoms with van der Waals surface area (Å²) in [6, 6.07) is 5.21. The number of rotatable bonds is 4. The Balaban J connectivity index is 2.08. The standard InChI is InChI=1S/C15H22N2O3/c1-17(10-11-6-3-4-9-20-11)15(18)12-7-5-8-13(16)14(12)19-2/h5,7-8,11H,3-4,6,9-10,16H2,1-2H3. The zero-order valence-electron chi connectivity index (χ0n) is 12.1. The maximum Gasteiger partial charge on any atom is 0.257 e. The van der Waals surface area contributed by atoms with Gasteiger partial charge in [0.1, 0.15) is 0 Å². The molecule has 1 aliphatic heterocycles. The van der Waals surface area contributed by atoms with E-state index in [0.717, 1.165) is 25.9 Å². The van der Waals surface area contributed by atoms with E-state index in [4.69, 9.17) is 15.2 Å². The number of nitrogen functional groups attached to an aromatic ring is 1. The van der Waals surface area contributed by atoms with Crippen molar-refractivity contribution in [3.8, 4) is 5.75 Å². The van der Waals surface area contributed by atoms with Gasteiger partial charge in [-0.25, -0.2) is 0 Å². The normalized spacial score (nSPS) is 18.6. The number of hydrogen-bond donors (Lipinski definition) is 1. The van der Waals surface area contributed by atoms with Gasteiger partial charge in [-0.2, -0.15) is 0 Å². The van der Waals surface area contributed by atoms with Crippen LogP contribution in [0.15, 0.2) is 18.2 Å². The predicted molar refractivity (Wildman–Crippen MR) is 78.0 cm³/mol. The average Bonchev–Trinajstić information content (AvgIpc) is 2.47. The van der Waals surface area contributed by atoms with Crippen LogP contribution < -0.4 is 10.5 Å². The Kier molecular flexibility index (Phi) is 4.84. The van der Waals surface area contributed by atoms with E-state index in [2.05, 4.69) is 0 Å². The van der Waals surface area contributed by atoms with Gasteiger partial charge in [0.15, 0.2) is 5.75 Å². The molecule has 1 atom stereocenters. The Morgan fingerprint density at radius 2 is 2.30 bits per heavy atom. The highest BCUT2D eigenvalue weighted by Gasteiger charge is 2.22. The zero-order valence-corrected chi connectivity index (χ0v) is 12.1. The number of nitrogens with two attached hydrogens (primary N) is 1. The van der Waals surface area contributed by atoms with Crippen molar-refractivity contribution in [2.45, 2.75) is 25.4 Å². The third-order valence-electron chi connectivity index (χ3n) is 3.58. The molecule has 1 fully saturated rings. The third kappa shape index (κ3) is 3.22. The molecule has 5 nitrogen and oxygen atoms in total. The summed E-state index contributed by atoms with van der Waals surface area (Å²) in [5.74, 6) is 0.345. The molecule has 110 valence electrons. The van der Waals surface area contributed by atoms with Crippen LogP contribution in [0.1, 0.15) is 29.6 Å². The van der Waals surface area contributed by atoms with E-state index in [1.54, 1.807) is 30.1 Å². The number of nitrogens with zero attached hydrogens (tertiary/aromatic N) is 1. The van der Waals surface area contributed by atoms with Crippen LogP contribution in [-0.4, -0.2) is 44.2 Å². The Bertz CT molecular complexity index is 470. The van der Waals surface area contributed by atoms with Gasteiger partial charge in [0.2, 0.25) is 0 Å². The van der Waals surface area contributed by atoms with Gasteiger partial charge < -0.3 is 20.1 Å². The number of benzene rings is 1. The first kappa shape index (κ1) is 14.7. The molecule has 2 N–H and O–H groups in total. The van der Waals surface area contributed by atoms with Crippen LogP contribution in [-0.2, 0) is 4.74 Å². The number of hydrogen-bond acceptors (Lipinski definition) is 4. The molecule has 0 aromatic heterocycles. The largest absolute Gasteiger partial charge is 0.494 e. The van der Waals surface area contributed by atoms with Crippen LogP contribution in [0, 0.1) is 0 Å². The lowest BCUT2D eigenvalue weighted by Gasteiger charge is -2.27. The Morgan fingerprint density at radius 3 is 2.95 bits per heavy atom. The summed E-state index contributed by atoms with van der Waals surface area (Å²) in [6.45, 7) is 1.38. The number of amides is 1. The molecule has 1 unspecified atom stereocenters. The van der Waals surface area contributed by atoms with Crippen molar-refractivity contribution >= 4 is 11.6 Å². The maximum absolute atomic E-state index is 12.5. The van der Waals surface area contributed by atoms with Crippen molar-refractivity contribution in [3.63, 3.8) is 0 Å². The van der Waals surface area contributed by atoms with Gasteiger partial charge in [0, 0.05) is 20.2 Å². The minimum absolute atomic E-state index is 0.0941. The second-order valence-corrected chi connectivity index (χ2v) is 5.10. The number of likely N-dealkylation sites (N-methyl/N-ethyl adjacent to an activating group) is 1. The number of ether oxygens (including phenoxy) is 2. The molecule has 0 spiro atoms. The molecule has 2 rings (SSSR count). The first-order valence-corrected chi connectivity index (χ1v) is 6.93. The molecule has 5 heteroatoms. The first-order valence-electron chi connectivity index (χ1n) is 6.93. The van der Waals surface area contributed by atoms with E-state index in [1.165, 1.54) is 7.11 Å². The van der Waals surface area contributed by atoms with Crippen molar-refractivity contribution in [2.75, 3.05) is 33.0 Å². The fourth-order valence-corrected chi connectivity index (χ4v) is 2.50. The number of carbonyl (C=O) groups excluding carboxylic acids is 1. The first-order chi connectivity index (χ1) is 9.63. The lowest BCUT2D eigenvalue weighted by molar-refractivity contribution is -0.000237. The SMILES string of the molecule is COc1c(N)cccc1C(=O)N(C)CC1CCCCO1. The molecule has 1 aliphatic rings. The van der Waals surface area contributed by atoms with Gasteiger partial charge in [-0.1, -0.05) is 6.07 Å². The van der Waals surface area contributed by atoms with Crippen LogP contribution in [0.3, 0.4) is 0 Å². The van der Waals surface area contributed by atoms with Crippen molar-refractivity contribution in [3.05, 3.63) is 23.8 Å². The van der Waals surface area contributed by atoms with Crippen molar-refractivity contribution in [1.29, 1.82) is 0 Å². The molecule has 0 bridgehead atoms. The number of para-hydroxylation sites is 1. The molecule has 20 heavy (non-hydrogen) atoms. The summed E-state index contributed by atoms with van der Waals surface area (Å²) in [5.41, 5.74) is 6.80. The molecule has 1 aromatic carbocycles. The van der Waals surface area contributed by atoms with Gasteiger partial charge in [-0.15, -0.1) is 0 Å². The van der Waals surface area contributed by atoms with E-state index in [1.807, 2.05) is 0 Å². The minimum Gasteiger partial charge on any atom is -0.494 e. The number of carbonyl (C=O) groups is 1. The van der Waals surface area contributed by atoms with Gasteiger partial charge in [-0.05, 0) is 31.4 Å². The molecule has 1 saturated heterocycles. The lowest BCUT2D eigenvalue weighted by Crippen LogP contribution is -2.37. The summed E-state index contributed by atoms with van der Waals surface area (Å²) >= 11 is 0. The van der Waals surface area contributed by atoms with Crippen LogP contribution in [0.4, 0.5) is 5.69 Å². The highest BCUT2D eigenvalue weighted by Crippen LogP contribution is 2.27. The molecule has 1 amide bonds. The molecule has 0 radical (unpaired) electrons. The predicted octanol–water partition coefficient (Wildman–Crippen LogP) is 1.92. The average molecular weight is 278 g/mol. The van der Waals surface area contributed by atoms with Crippen LogP contribution in [0.5, 0.6) is 5.75 Å². The summed E-state index contributed by atoms with van der Waals surface area (Å²) in [4.78, 5) is 14.2. The molecular formula is C15H22N2O3. The second kappa shape index (κ2) is 6.61. The molecule has 0 saturated carbocycles. The van der Waals surface area contributed by atoms with Crippen LogP contribution >= 0.6 is 0 Å². The van der Waals surface area contributed by atoms with Crippen molar-refractivity contribution < 1.29 is 14.3 Å². The maximum atomic E-state index is 12.5. The Morgan fingerprint density at radius 1 is 1.50 bits per heavy atom.